The Hall–Kier alpha value is -1.96. The van der Waals surface area contributed by atoms with Crippen molar-refractivity contribution >= 4 is 21.8 Å². The topological polar surface area (TPSA) is 25.2 Å². The van der Waals surface area contributed by atoms with E-state index in [1.165, 1.54) is 16.4 Å². The number of benzene rings is 2. The second kappa shape index (κ2) is 3.27. The van der Waals surface area contributed by atoms with Crippen molar-refractivity contribution in [1.82, 2.24) is 4.57 Å². The molecule has 0 radical (unpaired) electrons. The molecule has 1 heterocycles. The molecule has 0 aliphatic carbocycles. The first kappa shape index (κ1) is 9.28. The van der Waals surface area contributed by atoms with Gasteiger partial charge in [-0.25, -0.2) is 0 Å². The Morgan fingerprint density at radius 3 is 2.56 bits per heavy atom. The summed E-state index contributed by atoms with van der Waals surface area (Å²) in [5.41, 5.74) is 2.41. The summed E-state index contributed by atoms with van der Waals surface area (Å²) >= 11 is 0. The van der Waals surface area contributed by atoms with Gasteiger partial charge in [-0.05, 0) is 31.2 Å². The third-order valence-corrected chi connectivity index (χ3v) is 3.07. The fraction of sp³-hybridized carbons (Fsp3) is 0.143. The molecule has 3 rings (SSSR count). The first-order chi connectivity index (χ1) is 7.81. The second-order valence-electron chi connectivity index (χ2n) is 3.96. The summed E-state index contributed by atoms with van der Waals surface area (Å²) in [6.07, 6.45) is 0. The van der Waals surface area contributed by atoms with Gasteiger partial charge in [0.1, 0.15) is 5.75 Å². The van der Waals surface area contributed by atoms with Crippen molar-refractivity contribution in [1.29, 1.82) is 0 Å². The predicted octanol–water partition coefficient (Wildman–Crippen LogP) is 3.52. The van der Waals surface area contributed by atoms with Crippen LogP contribution in [0.4, 0.5) is 0 Å². The summed E-state index contributed by atoms with van der Waals surface area (Å²) in [6, 6.07) is 13.9. The number of aromatic nitrogens is 1. The summed E-state index contributed by atoms with van der Waals surface area (Å²) < 4.78 is 2.27. The lowest BCUT2D eigenvalue weighted by Gasteiger charge is -2.02. The lowest BCUT2D eigenvalue weighted by Crippen LogP contribution is -1.92. The maximum absolute atomic E-state index is 9.56. The molecule has 2 nitrogen and oxygen atoms in total. The zero-order valence-corrected chi connectivity index (χ0v) is 9.14. The van der Waals surface area contributed by atoms with Gasteiger partial charge in [0.15, 0.2) is 0 Å². The van der Waals surface area contributed by atoms with E-state index in [1.54, 1.807) is 6.07 Å². The fourth-order valence-electron chi connectivity index (χ4n) is 2.38. The van der Waals surface area contributed by atoms with E-state index < -0.39 is 0 Å². The highest BCUT2D eigenvalue weighted by molar-refractivity contribution is 6.08. The molecule has 2 heteroatoms. The van der Waals surface area contributed by atoms with E-state index in [9.17, 15) is 5.11 Å². The molecule has 16 heavy (non-hydrogen) atoms. The van der Waals surface area contributed by atoms with Crippen LogP contribution < -0.4 is 0 Å². The highest BCUT2D eigenvalue weighted by atomic mass is 16.3. The zero-order chi connectivity index (χ0) is 11.1. The standard InChI is InChI=1S/C14H13NO/c1-2-15-13-6-4-3-5-11(13)12-9-10(16)7-8-14(12)15/h3-9,16H,2H2,1H3. The van der Waals surface area contributed by atoms with Crippen LogP contribution in [0.15, 0.2) is 42.5 Å². The molecule has 0 aliphatic rings. The van der Waals surface area contributed by atoms with Crippen LogP contribution in [0.25, 0.3) is 21.8 Å². The predicted molar refractivity (Wildman–Crippen MR) is 66.8 cm³/mol. The molecule has 0 bridgehead atoms. The van der Waals surface area contributed by atoms with Crippen molar-refractivity contribution in [2.24, 2.45) is 0 Å². The maximum atomic E-state index is 9.56. The van der Waals surface area contributed by atoms with Crippen LogP contribution in [0.2, 0.25) is 0 Å². The number of phenols is 1. The van der Waals surface area contributed by atoms with Crippen molar-refractivity contribution in [3.05, 3.63) is 42.5 Å². The minimum atomic E-state index is 0.325. The number of nitrogens with zero attached hydrogens (tertiary/aromatic N) is 1. The highest BCUT2D eigenvalue weighted by Gasteiger charge is 2.08. The number of fused-ring (bicyclic) bond motifs is 3. The molecule has 0 amide bonds. The molecule has 1 N–H and O–H groups in total. The van der Waals surface area contributed by atoms with Crippen LogP contribution in [-0.2, 0) is 6.54 Å². The quantitative estimate of drug-likeness (QED) is 0.654. The average Bonchev–Trinajstić information content (AvgIpc) is 2.62. The molecule has 0 fully saturated rings. The monoisotopic (exact) mass is 211 g/mol. The molecule has 0 spiro atoms. The number of phenolic OH excluding ortho intramolecular Hbond substituents is 1. The molecule has 0 saturated heterocycles. The Balaban J connectivity index is 2.59. The second-order valence-corrected chi connectivity index (χ2v) is 3.96. The normalized spacial score (nSPS) is 11.3. The minimum Gasteiger partial charge on any atom is -0.508 e. The van der Waals surface area contributed by atoms with Crippen LogP contribution >= 0.6 is 0 Å². The first-order valence-electron chi connectivity index (χ1n) is 5.51. The summed E-state index contributed by atoms with van der Waals surface area (Å²) in [5.74, 6) is 0.325. The highest BCUT2D eigenvalue weighted by Crippen LogP contribution is 2.30. The first-order valence-corrected chi connectivity index (χ1v) is 5.51. The lowest BCUT2D eigenvalue weighted by atomic mass is 10.1. The van der Waals surface area contributed by atoms with Gasteiger partial charge in [-0.1, -0.05) is 18.2 Å². The van der Waals surface area contributed by atoms with Crippen LogP contribution in [0.3, 0.4) is 0 Å². The lowest BCUT2D eigenvalue weighted by molar-refractivity contribution is 0.476. The molecular weight excluding hydrogens is 198 g/mol. The Bertz CT molecular complexity index is 667. The Morgan fingerprint density at radius 2 is 1.75 bits per heavy atom. The van der Waals surface area contributed by atoms with E-state index in [4.69, 9.17) is 0 Å². The third-order valence-electron chi connectivity index (χ3n) is 3.07. The SMILES string of the molecule is CCn1c2ccccc2c2cc(O)ccc21. The van der Waals surface area contributed by atoms with E-state index in [0.29, 0.717) is 5.75 Å². The van der Waals surface area contributed by atoms with Gasteiger partial charge < -0.3 is 9.67 Å². The molecule has 0 aliphatic heterocycles. The van der Waals surface area contributed by atoms with Gasteiger partial charge in [0.2, 0.25) is 0 Å². The number of aromatic hydroxyl groups is 1. The Labute approximate surface area is 93.7 Å². The van der Waals surface area contributed by atoms with Gasteiger partial charge >= 0.3 is 0 Å². The van der Waals surface area contributed by atoms with Crippen LogP contribution in [0.1, 0.15) is 6.92 Å². The number of aryl methyl sites for hydroxylation is 1. The van der Waals surface area contributed by atoms with Crippen molar-refractivity contribution in [3.63, 3.8) is 0 Å². The van der Waals surface area contributed by atoms with Crippen molar-refractivity contribution in [3.8, 4) is 5.75 Å². The number of hydrogen-bond acceptors (Lipinski definition) is 1. The van der Waals surface area contributed by atoms with Crippen LogP contribution in [-0.4, -0.2) is 9.67 Å². The Kier molecular flexibility index (Phi) is 1.90. The summed E-state index contributed by atoms with van der Waals surface area (Å²) in [4.78, 5) is 0. The molecule has 80 valence electrons. The van der Waals surface area contributed by atoms with E-state index in [-0.39, 0.29) is 0 Å². The van der Waals surface area contributed by atoms with E-state index in [2.05, 4.69) is 23.6 Å². The number of rotatable bonds is 1. The summed E-state index contributed by atoms with van der Waals surface area (Å²) in [6.45, 7) is 3.08. The van der Waals surface area contributed by atoms with Gasteiger partial charge in [0.05, 0.1) is 0 Å². The minimum absolute atomic E-state index is 0.325. The summed E-state index contributed by atoms with van der Waals surface area (Å²) in [5, 5.41) is 11.9. The molecule has 0 unspecified atom stereocenters. The van der Waals surface area contributed by atoms with E-state index >= 15 is 0 Å². The van der Waals surface area contributed by atoms with Gasteiger partial charge in [-0.15, -0.1) is 0 Å². The number of para-hydroxylation sites is 1. The van der Waals surface area contributed by atoms with Crippen LogP contribution in [0.5, 0.6) is 5.75 Å². The maximum Gasteiger partial charge on any atom is 0.116 e. The summed E-state index contributed by atoms with van der Waals surface area (Å²) in [7, 11) is 0. The average molecular weight is 211 g/mol. The fourth-order valence-corrected chi connectivity index (χ4v) is 2.38. The van der Waals surface area contributed by atoms with Crippen molar-refractivity contribution < 1.29 is 5.11 Å². The van der Waals surface area contributed by atoms with Gasteiger partial charge in [0, 0.05) is 28.4 Å². The molecule has 2 aromatic carbocycles. The van der Waals surface area contributed by atoms with Gasteiger partial charge in [0.25, 0.3) is 0 Å². The third kappa shape index (κ3) is 1.13. The molecule has 0 saturated carbocycles. The largest absolute Gasteiger partial charge is 0.508 e. The van der Waals surface area contributed by atoms with E-state index in [1.807, 2.05) is 24.3 Å². The molecule has 0 atom stereocenters. The van der Waals surface area contributed by atoms with Gasteiger partial charge in [-0.2, -0.15) is 0 Å². The van der Waals surface area contributed by atoms with E-state index in [0.717, 1.165) is 11.9 Å². The molecular formula is C14H13NO. The molecule has 3 aromatic rings. The zero-order valence-electron chi connectivity index (χ0n) is 9.14. The van der Waals surface area contributed by atoms with Crippen molar-refractivity contribution in [2.45, 2.75) is 13.5 Å². The smallest absolute Gasteiger partial charge is 0.116 e. The van der Waals surface area contributed by atoms with Crippen molar-refractivity contribution in [2.75, 3.05) is 0 Å². The molecule has 1 aromatic heterocycles. The Morgan fingerprint density at radius 1 is 1.00 bits per heavy atom. The van der Waals surface area contributed by atoms with Crippen LogP contribution in [0, 0.1) is 0 Å². The number of hydrogen-bond donors (Lipinski definition) is 1. The van der Waals surface area contributed by atoms with Gasteiger partial charge in [-0.3, -0.25) is 0 Å².